The van der Waals surface area contributed by atoms with E-state index in [0.717, 1.165) is 50.3 Å². The van der Waals surface area contributed by atoms with Crippen LogP contribution in [0.3, 0.4) is 0 Å². The Labute approximate surface area is 154 Å². The first-order valence-electron chi connectivity index (χ1n) is 10.2. The minimum atomic E-state index is -0.760. The van der Waals surface area contributed by atoms with Crippen LogP contribution in [0.15, 0.2) is 12.1 Å². The van der Waals surface area contributed by atoms with Crippen LogP contribution in [-0.4, -0.2) is 59.0 Å². The molecule has 5 aliphatic rings. The molecule has 2 heterocycles. The maximum atomic E-state index is 12.2. The second-order valence-corrected chi connectivity index (χ2v) is 9.22. The topological polar surface area (TPSA) is 65.0 Å². The molecule has 2 saturated carbocycles. The number of nitrogens with zero attached hydrogens (tertiary/aromatic N) is 1. The summed E-state index contributed by atoms with van der Waals surface area (Å²) in [7, 11) is 1.99. The van der Waals surface area contributed by atoms with Crippen LogP contribution in [0, 0.1) is 5.92 Å². The van der Waals surface area contributed by atoms with Crippen LogP contribution in [0.4, 0.5) is 0 Å². The van der Waals surface area contributed by atoms with Crippen molar-refractivity contribution in [2.45, 2.75) is 67.7 Å². The minimum absolute atomic E-state index is 0.0980. The van der Waals surface area contributed by atoms with Crippen LogP contribution in [0.25, 0.3) is 0 Å². The number of benzene rings is 1. The fourth-order valence-electron chi connectivity index (χ4n) is 6.78. The summed E-state index contributed by atoms with van der Waals surface area (Å²) in [5.41, 5.74) is 1.25. The molecule has 5 heteroatoms. The lowest BCUT2D eigenvalue weighted by Gasteiger charge is -2.64. The summed E-state index contributed by atoms with van der Waals surface area (Å²) in [6, 6.07) is 4.23. The molecule has 1 aromatic carbocycles. The summed E-state index contributed by atoms with van der Waals surface area (Å²) in [4.78, 5) is 2.58. The van der Waals surface area contributed by atoms with Gasteiger partial charge in [-0.05, 0) is 69.7 Å². The third-order valence-corrected chi connectivity index (χ3v) is 8.13. The van der Waals surface area contributed by atoms with Crippen LogP contribution in [0.5, 0.6) is 11.5 Å². The van der Waals surface area contributed by atoms with Crippen molar-refractivity contribution in [3.63, 3.8) is 0 Å². The Morgan fingerprint density at radius 3 is 2.88 bits per heavy atom. The van der Waals surface area contributed by atoms with Gasteiger partial charge in [-0.1, -0.05) is 6.07 Å². The fourth-order valence-corrected chi connectivity index (χ4v) is 6.78. The Hall–Kier alpha value is -1.30. The second-order valence-electron chi connectivity index (χ2n) is 9.22. The van der Waals surface area contributed by atoms with Crippen molar-refractivity contribution in [3.05, 3.63) is 23.3 Å². The van der Waals surface area contributed by atoms with Crippen LogP contribution in [0.2, 0.25) is 0 Å². The van der Waals surface area contributed by atoms with E-state index in [4.69, 9.17) is 4.74 Å². The summed E-state index contributed by atoms with van der Waals surface area (Å²) in [5, 5.41) is 26.1. The Balaban J connectivity index is 1.55. The number of phenols is 1. The maximum Gasteiger partial charge on any atom is 0.165 e. The average molecular weight is 356 g/mol. The van der Waals surface area contributed by atoms with E-state index in [0.29, 0.717) is 5.75 Å². The van der Waals surface area contributed by atoms with Gasteiger partial charge in [-0.15, -0.1) is 0 Å². The molecule has 3 N–H and O–H groups in total. The average Bonchev–Trinajstić information content (AvgIpc) is 3.37. The van der Waals surface area contributed by atoms with E-state index >= 15 is 0 Å². The van der Waals surface area contributed by atoms with Gasteiger partial charge in [0, 0.05) is 24.2 Å². The van der Waals surface area contributed by atoms with Crippen LogP contribution in [-0.2, 0) is 11.8 Å². The summed E-state index contributed by atoms with van der Waals surface area (Å²) in [6.07, 6.45) is 6.09. The lowest BCUT2D eigenvalue weighted by Crippen LogP contribution is -2.78. The zero-order chi connectivity index (χ0) is 17.7. The van der Waals surface area contributed by atoms with Crippen molar-refractivity contribution in [3.8, 4) is 11.5 Å². The van der Waals surface area contributed by atoms with Gasteiger partial charge in [0.1, 0.15) is 6.10 Å². The number of rotatable bonds is 3. The Kier molecular flexibility index (Phi) is 2.99. The molecular formula is C21H28N2O3. The maximum absolute atomic E-state index is 12.2. The number of nitrogens with one attached hydrogen (secondary N) is 1. The zero-order valence-electron chi connectivity index (χ0n) is 15.4. The number of piperidine rings is 1. The molecule has 5 atom stereocenters. The number of aliphatic hydroxyl groups is 1. The first-order valence-corrected chi connectivity index (χ1v) is 10.2. The minimum Gasteiger partial charge on any atom is -0.504 e. The number of likely N-dealkylation sites (tertiary alicyclic amines) is 1. The van der Waals surface area contributed by atoms with E-state index in [1.54, 1.807) is 6.07 Å². The molecule has 140 valence electrons. The highest BCUT2D eigenvalue weighted by molar-refractivity contribution is 5.62. The van der Waals surface area contributed by atoms with E-state index in [2.05, 4.69) is 16.3 Å². The molecule has 2 aliphatic heterocycles. The van der Waals surface area contributed by atoms with E-state index in [-0.39, 0.29) is 29.4 Å². The van der Waals surface area contributed by atoms with Crippen molar-refractivity contribution in [1.82, 2.24) is 10.2 Å². The molecule has 6 rings (SSSR count). The van der Waals surface area contributed by atoms with E-state index in [9.17, 15) is 10.2 Å². The van der Waals surface area contributed by atoms with Crippen LogP contribution in [0.1, 0.15) is 43.2 Å². The molecule has 0 amide bonds. The van der Waals surface area contributed by atoms with Gasteiger partial charge in [-0.25, -0.2) is 0 Å². The Morgan fingerprint density at radius 1 is 1.27 bits per heavy atom. The van der Waals surface area contributed by atoms with Gasteiger partial charge in [-0.3, -0.25) is 4.90 Å². The largest absolute Gasteiger partial charge is 0.504 e. The molecular weight excluding hydrogens is 328 g/mol. The second kappa shape index (κ2) is 4.94. The highest BCUT2D eigenvalue weighted by Crippen LogP contribution is 2.65. The van der Waals surface area contributed by atoms with Crippen molar-refractivity contribution in [1.29, 1.82) is 0 Å². The van der Waals surface area contributed by atoms with Gasteiger partial charge in [0.05, 0.1) is 11.0 Å². The quantitative estimate of drug-likeness (QED) is 0.767. The molecule has 0 unspecified atom stereocenters. The lowest BCUT2D eigenvalue weighted by atomic mass is 9.48. The number of likely N-dealkylation sites (N-methyl/N-ethyl adjacent to an activating group) is 1. The Bertz CT molecular complexity index is 779. The van der Waals surface area contributed by atoms with Gasteiger partial charge in [0.2, 0.25) is 0 Å². The molecule has 0 aromatic heterocycles. The van der Waals surface area contributed by atoms with Crippen LogP contribution >= 0.6 is 0 Å². The monoisotopic (exact) mass is 356 g/mol. The smallest absolute Gasteiger partial charge is 0.165 e. The first kappa shape index (κ1) is 15.7. The van der Waals surface area contributed by atoms with Crippen molar-refractivity contribution in [2.75, 3.05) is 20.1 Å². The number of aromatic hydroxyl groups is 1. The normalized spacial score (nSPS) is 43.1. The first-order chi connectivity index (χ1) is 12.6. The van der Waals surface area contributed by atoms with E-state index < -0.39 is 5.60 Å². The zero-order valence-corrected chi connectivity index (χ0v) is 15.4. The predicted molar refractivity (Wildman–Crippen MR) is 97.6 cm³/mol. The van der Waals surface area contributed by atoms with Gasteiger partial charge in [0.15, 0.2) is 11.5 Å². The van der Waals surface area contributed by atoms with Crippen LogP contribution < -0.4 is 10.1 Å². The van der Waals surface area contributed by atoms with Gasteiger partial charge in [0.25, 0.3) is 0 Å². The number of ether oxygens (including phenoxy) is 1. The molecule has 26 heavy (non-hydrogen) atoms. The molecule has 1 spiro atoms. The number of hydrogen-bond acceptors (Lipinski definition) is 5. The summed E-state index contributed by atoms with van der Waals surface area (Å²) in [6.45, 7) is 2.15. The predicted octanol–water partition coefficient (Wildman–Crippen LogP) is 1.54. The standard InChI is InChI=1S/C21H28N2O3/c1-22-14-6-7-21(25)16-10-13-4-5-15(24)18-17(13)20(21,19(14)26-18)8-9-23(16)11-12-2-3-12/h4-5,12,14,16,19,22,24-25H,2-3,6-11H2,1H3/t14-,16+,19-,20-,21+/m1/s1. The Morgan fingerprint density at radius 2 is 2.12 bits per heavy atom. The molecule has 3 aliphatic carbocycles. The molecule has 0 radical (unpaired) electrons. The summed E-state index contributed by atoms with van der Waals surface area (Å²) >= 11 is 0. The third-order valence-electron chi connectivity index (χ3n) is 8.13. The molecule has 1 aromatic rings. The molecule has 1 saturated heterocycles. The highest BCUT2D eigenvalue weighted by Gasteiger charge is 2.72. The van der Waals surface area contributed by atoms with Crippen molar-refractivity contribution >= 4 is 0 Å². The van der Waals surface area contributed by atoms with Gasteiger partial charge >= 0.3 is 0 Å². The number of phenolic OH excluding ortho intramolecular Hbond substituents is 1. The van der Waals surface area contributed by atoms with Gasteiger partial charge in [-0.2, -0.15) is 0 Å². The van der Waals surface area contributed by atoms with E-state index in [1.165, 1.54) is 18.4 Å². The molecule has 5 nitrogen and oxygen atoms in total. The summed E-state index contributed by atoms with van der Waals surface area (Å²) in [5.74, 6) is 1.69. The lowest BCUT2D eigenvalue weighted by molar-refractivity contribution is -0.191. The SMILES string of the molecule is CN[C@@H]1CC[C@]2(O)[C@@H]3Cc4ccc(O)c5c4[C@]2(CCN3CC2CC2)[C@@H]1O5. The number of hydrogen-bond donors (Lipinski definition) is 3. The van der Waals surface area contributed by atoms with Gasteiger partial charge < -0.3 is 20.3 Å². The molecule has 3 fully saturated rings. The van der Waals surface area contributed by atoms with Crippen molar-refractivity contribution < 1.29 is 14.9 Å². The van der Waals surface area contributed by atoms with Crippen molar-refractivity contribution in [2.24, 2.45) is 5.92 Å². The third kappa shape index (κ3) is 1.68. The summed E-state index contributed by atoms with van der Waals surface area (Å²) < 4.78 is 6.42. The fraction of sp³-hybridized carbons (Fsp3) is 0.714. The molecule has 2 bridgehead atoms. The highest BCUT2D eigenvalue weighted by atomic mass is 16.5. The van der Waals surface area contributed by atoms with E-state index in [1.807, 2.05) is 7.05 Å².